The Morgan fingerprint density at radius 3 is 2.58 bits per heavy atom. The van der Waals surface area contributed by atoms with Gasteiger partial charge < -0.3 is 15.1 Å². The first-order valence-corrected chi connectivity index (χ1v) is 6.76. The van der Waals surface area contributed by atoms with E-state index in [1.807, 2.05) is 12.1 Å². The second-order valence-electron chi connectivity index (χ2n) is 4.86. The van der Waals surface area contributed by atoms with E-state index in [4.69, 9.17) is 10.2 Å². The smallest absolute Gasteiger partial charge is 0.227 e. The van der Waals surface area contributed by atoms with Gasteiger partial charge in [0.2, 0.25) is 5.95 Å². The number of nitrogens with zero attached hydrogens (tertiary/aromatic N) is 3. The number of nitrogens with two attached hydrogens (primary N) is 1. The molecule has 0 saturated carbocycles. The first-order chi connectivity index (χ1) is 9.33. The van der Waals surface area contributed by atoms with Crippen LogP contribution in [0.25, 0.3) is 11.5 Å². The molecule has 1 saturated heterocycles. The zero-order valence-electron chi connectivity index (χ0n) is 10.9. The zero-order chi connectivity index (χ0) is 13.1. The quantitative estimate of drug-likeness (QED) is 0.897. The molecule has 0 amide bonds. The SMILES string of the molecule is Nc1cc(-c2ccco2)nc(N2CCCCCC2)n1. The number of nitrogen functional groups attached to an aromatic ring is 1. The molecule has 0 unspecified atom stereocenters. The largest absolute Gasteiger partial charge is 0.463 e. The molecule has 0 atom stereocenters. The lowest BCUT2D eigenvalue weighted by molar-refractivity contribution is 0.579. The van der Waals surface area contributed by atoms with Crippen molar-refractivity contribution < 1.29 is 4.42 Å². The van der Waals surface area contributed by atoms with Gasteiger partial charge >= 0.3 is 0 Å². The van der Waals surface area contributed by atoms with Crippen LogP contribution in [0.1, 0.15) is 25.7 Å². The van der Waals surface area contributed by atoms with Crippen LogP contribution in [0.2, 0.25) is 0 Å². The van der Waals surface area contributed by atoms with E-state index in [2.05, 4.69) is 14.9 Å². The van der Waals surface area contributed by atoms with Gasteiger partial charge in [-0.25, -0.2) is 4.98 Å². The third-order valence-corrected chi connectivity index (χ3v) is 3.40. The van der Waals surface area contributed by atoms with Crippen molar-refractivity contribution in [3.63, 3.8) is 0 Å². The Kier molecular flexibility index (Phi) is 3.35. The summed E-state index contributed by atoms with van der Waals surface area (Å²) in [4.78, 5) is 11.2. The molecule has 3 rings (SSSR count). The maximum Gasteiger partial charge on any atom is 0.227 e. The summed E-state index contributed by atoms with van der Waals surface area (Å²) >= 11 is 0. The second kappa shape index (κ2) is 5.30. The minimum Gasteiger partial charge on any atom is -0.463 e. The average molecular weight is 258 g/mol. The Labute approximate surface area is 112 Å². The highest BCUT2D eigenvalue weighted by molar-refractivity contribution is 5.58. The van der Waals surface area contributed by atoms with Gasteiger partial charge in [-0.3, -0.25) is 0 Å². The predicted octanol–water partition coefficient (Wildman–Crippen LogP) is 2.70. The molecule has 1 fully saturated rings. The van der Waals surface area contributed by atoms with E-state index in [1.165, 1.54) is 25.7 Å². The van der Waals surface area contributed by atoms with Crippen molar-refractivity contribution in [2.75, 3.05) is 23.7 Å². The zero-order valence-corrected chi connectivity index (χ0v) is 10.9. The van der Waals surface area contributed by atoms with Crippen LogP contribution in [0.5, 0.6) is 0 Å². The van der Waals surface area contributed by atoms with Gasteiger partial charge in [-0.2, -0.15) is 4.98 Å². The lowest BCUT2D eigenvalue weighted by atomic mass is 10.2. The molecule has 2 aromatic rings. The minimum atomic E-state index is 0.487. The van der Waals surface area contributed by atoms with Gasteiger partial charge in [0.05, 0.1) is 6.26 Å². The van der Waals surface area contributed by atoms with E-state index in [0.29, 0.717) is 11.8 Å². The van der Waals surface area contributed by atoms with E-state index in [-0.39, 0.29) is 0 Å². The van der Waals surface area contributed by atoms with E-state index < -0.39 is 0 Å². The second-order valence-corrected chi connectivity index (χ2v) is 4.86. The molecule has 19 heavy (non-hydrogen) atoms. The Hall–Kier alpha value is -2.04. The van der Waals surface area contributed by atoms with Crippen molar-refractivity contribution in [3.8, 4) is 11.5 Å². The third kappa shape index (κ3) is 2.70. The highest BCUT2D eigenvalue weighted by Gasteiger charge is 2.15. The predicted molar refractivity (Wildman–Crippen MR) is 74.8 cm³/mol. The summed E-state index contributed by atoms with van der Waals surface area (Å²) in [5.41, 5.74) is 6.64. The number of hydrogen-bond acceptors (Lipinski definition) is 5. The first-order valence-electron chi connectivity index (χ1n) is 6.76. The summed E-state index contributed by atoms with van der Waals surface area (Å²) in [5.74, 6) is 1.93. The summed E-state index contributed by atoms with van der Waals surface area (Å²) in [6.45, 7) is 2.00. The highest BCUT2D eigenvalue weighted by Crippen LogP contribution is 2.23. The Bertz CT molecular complexity index is 530. The molecule has 0 spiro atoms. The van der Waals surface area contributed by atoms with Gasteiger partial charge in [0.15, 0.2) is 5.76 Å². The molecule has 1 aliphatic heterocycles. The summed E-state index contributed by atoms with van der Waals surface area (Å²) in [5, 5.41) is 0. The number of rotatable bonds is 2. The molecule has 100 valence electrons. The van der Waals surface area contributed by atoms with Crippen molar-refractivity contribution in [2.24, 2.45) is 0 Å². The summed E-state index contributed by atoms with van der Waals surface area (Å²) in [6.07, 6.45) is 6.58. The molecule has 2 N–H and O–H groups in total. The molecule has 2 aromatic heterocycles. The van der Waals surface area contributed by atoms with Crippen LogP contribution in [0.15, 0.2) is 28.9 Å². The monoisotopic (exact) mass is 258 g/mol. The maximum absolute atomic E-state index is 5.89. The standard InChI is InChI=1S/C14H18N4O/c15-13-10-11(12-6-5-9-19-12)16-14(17-13)18-7-3-1-2-4-8-18/h5-6,9-10H,1-4,7-8H2,(H2,15,16,17). The Morgan fingerprint density at radius 1 is 1.11 bits per heavy atom. The highest BCUT2D eigenvalue weighted by atomic mass is 16.3. The third-order valence-electron chi connectivity index (χ3n) is 3.40. The van der Waals surface area contributed by atoms with Gasteiger partial charge in [-0.15, -0.1) is 0 Å². The van der Waals surface area contributed by atoms with E-state index in [0.717, 1.165) is 24.5 Å². The number of furan rings is 1. The lowest BCUT2D eigenvalue weighted by Gasteiger charge is -2.20. The van der Waals surface area contributed by atoms with Gasteiger partial charge in [0.1, 0.15) is 11.5 Å². The molecule has 0 aliphatic carbocycles. The van der Waals surface area contributed by atoms with E-state index in [1.54, 1.807) is 12.3 Å². The molecule has 5 heteroatoms. The molecular formula is C14H18N4O. The average Bonchev–Trinajstić information content (AvgIpc) is 2.81. The van der Waals surface area contributed by atoms with Gasteiger partial charge in [0.25, 0.3) is 0 Å². The summed E-state index contributed by atoms with van der Waals surface area (Å²) < 4.78 is 5.38. The van der Waals surface area contributed by atoms with Gasteiger partial charge in [0, 0.05) is 19.2 Å². The summed E-state index contributed by atoms with van der Waals surface area (Å²) in [6, 6.07) is 5.48. The molecule has 3 heterocycles. The summed E-state index contributed by atoms with van der Waals surface area (Å²) in [7, 11) is 0. The van der Waals surface area contributed by atoms with Crippen LogP contribution in [-0.4, -0.2) is 23.1 Å². The first kappa shape index (κ1) is 12.0. The Morgan fingerprint density at radius 2 is 1.89 bits per heavy atom. The van der Waals surface area contributed by atoms with Crippen molar-refractivity contribution in [2.45, 2.75) is 25.7 Å². The molecule has 0 aromatic carbocycles. The lowest BCUT2D eigenvalue weighted by Crippen LogP contribution is -2.26. The fourth-order valence-electron chi connectivity index (χ4n) is 2.42. The molecule has 1 aliphatic rings. The van der Waals surface area contributed by atoms with E-state index in [9.17, 15) is 0 Å². The fourth-order valence-corrected chi connectivity index (χ4v) is 2.42. The number of hydrogen-bond donors (Lipinski definition) is 1. The fraction of sp³-hybridized carbons (Fsp3) is 0.429. The molecular weight excluding hydrogens is 240 g/mol. The molecule has 0 radical (unpaired) electrons. The van der Waals surface area contributed by atoms with Crippen LogP contribution in [0, 0.1) is 0 Å². The van der Waals surface area contributed by atoms with Crippen LogP contribution >= 0.6 is 0 Å². The van der Waals surface area contributed by atoms with Crippen LogP contribution in [0.4, 0.5) is 11.8 Å². The Balaban J connectivity index is 1.92. The number of anilines is 2. The maximum atomic E-state index is 5.89. The number of aromatic nitrogens is 2. The molecule has 5 nitrogen and oxygen atoms in total. The van der Waals surface area contributed by atoms with E-state index >= 15 is 0 Å². The molecule has 0 bridgehead atoms. The van der Waals surface area contributed by atoms with Crippen LogP contribution in [0.3, 0.4) is 0 Å². The van der Waals surface area contributed by atoms with Gasteiger partial charge in [-0.1, -0.05) is 12.8 Å². The minimum absolute atomic E-state index is 0.487. The van der Waals surface area contributed by atoms with Crippen LogP contribution < -0.4 is 10.6 Å². The van der Waals surface area contributed by atoms with Crippen LogP contribution in [-0.2, 0) is 0 Å². The van der Waals surface area contributed by atoms with Gasteiger partial charge in [-0.05, 0) is 25.0 Å². The normalized spacial score (nSPS) is 16.3. The topological polar surface area (TPSA) is 68.2 Å². The van der Waals surface area contributed by atoms with Crippen molar-refractivity contribution in [1.82, 2.24) is 9.97 Å². The van der Waals surface area contributed by atoms with Crippen molar-refractivity contribution >= 4 is 11.8 Å². The van der Waals surface area contributed by atoms with Crippen molar-refractivity contribution in [3.05, 3.63) is 24.5 Å². The van der Waals surface area contributed by atoms with Crippen molar-refractivity contribution in [1.29, 1.82) is 0 Å².